The van der Waals surface area contributed by atoms with Crippen molar-refractivity contribution in [1.29, 1.82) is 0 Å². The fraction of sp³-hybridized carbons (Fsp3) is 0.286. The number of aryl methyl sites for hydroxylation is 1. The van der Waals surface area contributed by atoms with E-state index in [1.165, 1.54) is 12.1 Å². The molecule has 8 heteroatoms. The van der Waals surface area contributed by atoms with Crippen molar-refractivity contribution in [3.63, 3.8) is 0 Å². The highest BCUT2D eigenvalue weighted by Crippen LogP contribution is 2.13. The molecule has 1 amide bonds. The number of halogens is 1. The maximum absolute atomic E-state index is 12.7. The van der Waals surface area contributed by atoms with Gasteiger partial charge in [-0.2, -0.15) is 13.5 Å². The molecule has 0 saturated carbocycles. The SMILES string of the molecule is Cc1c(CNC(=O)Cc2ccc(S(=O)(=O)F)cc2)cnn1C. The lowest BCUT2D eigenvalue weighted by Gasteiger charge is -2.05. The van der Waals surface area contributed by atoms with Crippen molar-refractivity contribution in [2.75, 3.05) is 0 Å². The van der Waals surface area contributed by atoms with Crippen LogP contribution in [0.1, 0.15) is 16.8 Å². The molecule has 118 valence electrons. The van der Waals surface area contributed by atoms with Gasteiger partial charge in [-0.25, -0.2) is 0 Å². The summed E-state index contributed by atoms with van der Waals surface area (Å²) in [5.74, 6) is -0.209. The molecule has 6 nitrogen and oxygen atoms in total. The Hall–Kier alpha value is -2.22. The lowest BCUT2D eigenvalue weighted by Crippen LogP contribution is -2.24. The highest BCUT2D eigenvalue weighted by molar-refractivity contribution is 7.86. The standard InChI is InChI=1S/C14H16FN3O3S/c1-10-12(9-17-18(10)2)8-16-14(19)7-11-3-5-13(6-4-11)22(15,20)21/h3-6,9H,7-8H2,1-2H3,(H,16,19). The van der Waals surface area contributed by atoms with Gasteiger partial charge in [0.1, 0.15) is 0 Å². The number of nitrogens with zero attached hydrogens (tertiary/aromatic N) is 2. The van der Waals surface area contributed by atoms with Crippen molar-refractivity contribution in [3.8, 4) is 0 Å². The minimum Gasteiger partial charge on any atom is -0.352 e. The maximum Gasteiger partial charge on any atom is 0.332 e. The summed E-state index contributed by atoms with van der Waals surface area (Å²) >= 11 is 0. The number of amides is 1. The summed E-state index contributed by atoms with van der Waals surface area (Å²) in [6.07, 6.45) is 1.78. The highest BCUT2D eigenvalue weighted by Gasteiger charge is 2.12. The molecule has 0 spiro atoms. The number of benzene rings is 1. The van der Waals surface area contributed by atoms with Crippen molar-refractivity contribution in [1.82, 2.24) is 15.1 Å². The molecule has 1 N–H and O–H groups in total. The van der Waals surface area contributed by atoms with Crippen LogP contribution in [0.5, 0.6) is 0 Å². The summed E-state index contributed by atoms with van der Waals surface area (Å²) in [5, 5.41) is 6.85. The second-order valence-corrected chi connectivity index (χ2v) is 6.26. The van der Waals surface area contributed by atoms with Crippen LogP contribution in [0.25, 0.3) is 0 Å². The van der Waals surface area contributed by atoms with Gasteiger partial charge >= 0.3 is 10.2 Å². The summed E-state index contributed by atoms with van der Waals surface area (Å²) < 4.78 is 35.9. The van der Waals surface area contributed by atoms with Crippen LogP contribution in [-0.4, -0.2) is 24.1 Å². The fourth-order valence-corrected chi connectivity index (χ4v) is 2.39. The van der Waals surface area contributed by atoms with Crippen LogP contribution in [0, 0.1) is 6.92 Å². The van der Waals surface area contributed by atoms with E-state index in [2.05, 4.69) is 10.4 Å². The van der Waals surface area contributed by atoms with E-state index in [0.717, 1.165) is 23.4 Å². The first-order valence-electron chi connectivity index (χ1n) is 6.55. The number of nitrogens with one attached hydrogen (secondary N) is 1. The smallest absolute Gasteiger partial charge is 0.332 e. The third kappa shape index (κ3) is 3.91. The van der Waals surface area contributed by atoms with E-state index in [0.29, 0.717) is 12.1 Å². The van der Waals surface area contributed by atoms with E-state index in [-0.39, 0.29) is 12.3 Å². The first-order valence-corrected chi connectivity index (χ1v) is 7.93. The molecule has 0 bridgehead atoms. The van der Waals surface area contributed by atoms with E-state index < -0.39 is 15.1 Å². The molecule has 0 radical (unpaired) electrons. The first-order chi connectivity index (χ1) is 10.3. The topological polar surface area (TPSA) is 81.1 Å². The summed E-state index contributed by atoms with van der Waals surface area (Å²) in [5.41, 5.74) is 2.50. The van der Waals surface area contributed by atoms with Crippen LogP contribution in [0.15, 0.2) is 35.4 Å². The zero-order chi connectivity index (χ0) is 16.3. The quantitative estimate of drug-likeness (QED) is 0.839. The average molecular weight is 325 g/mol. The summed E-state index contributed by atoms with van der Waals surface area (Å²) in [6.45, 7) is 2.28. The van der Waals surface area contributed by atoms with Gasteiger partial charge in [0.05, 0.1) is 17.5 Å². The predicted molar refractivity (Wildman–Crippen MR) is 78.2 cm³/mol. The van der Waals surface area contributed by atoms with E-state index in [9.17, 15) is 17.1 Å². The van der Waals surface area contributed by atoms with Crippen LogP contribution < -0.4 is 5.32 Å². The molecular formula is C14H16FN3O3S. The highest BCUT2D eigenvalue weighted by atomic mass is 32.3. The third-order valence-corrected chi connectivity index (χ3v) is 4.22. The van der Waals surface area contributed by atoms with Crippen LogP contribution in [0.4, 0.5) is 3.89 Å². The lowest BCUT2D eigenvalue weighted by molar-refractivity contribution is -0.120. The maximum atomic E-state index is 12.7. The zero-order valence-electron chi connectivity index (χ0n) is 12.2. The van der Waals surface area contributed by atoms with Crippen LogP contribution in [-0.2, 0) is 35.0 Å². The van der Waals surface area contributed by atoms with Gasteiger partial charge in [0, 0.05) is 24.8 Å². The van der Waals surface area contributed by atoms with E-state index in [4.69, 9.17) is 0 Å². The average Bonchev–Trinajstić information content (AvgIpc) is 2.76. The molecule has 1 aromatic heterocycles. The molecule has 0 aliphatic rings. The van der Waals surface area contributed by atoms with E-state index in [1.807, 2.05) is 14.0 Å². The Kier molecular flexibility index (Phi) is 4.60. The van der Waals surface area contributed by atoms with Gasteiger partial charge in [-0.3, -0.25) is 9.48 Å². The third-order valence-electron chi connectivity index (χ3n) is 3.38. The Bertz CT molecular complexity index is 782. The Balaban J connectivity index is 1.93. The molecule has 22 heavy (non-hydrogen) atoms. The van der Waals surface area contributed by atoms with Crippen LogP contribution in [0.2, 0.25) is 0 Å². The summed E-state index contributed by atoms with van der Waals surface area (Å²) in [4.78, 5) is 11.4. The second kappa shape index (κ2) is 6.27. The molecular weight excluding hydrogens is 309 g/mol. The molecule has 0 aliphatic heterocycles. The van der Waals surface area contributed by atoms with E-state index in [1.54, 1.807) is 10.9 Å². The Morgan fingerprint density at radius 3 is 2.45 bits per heavy atom. The summed E-state index contributed by atoms with van der Waals surface area (Å²) in [7, 11) is -2.89. The van der Waals surface area contributed by atoms with Crippen molar-refractivity contribution in [3.05, 3.63) is 47.3 Å². The van der Waals surface area contributed by atoms with Gasteiger partial charge in [0.15, 0.2) is 0 Å². The van der Waals surface area contributed by atoms with Gasteiger partial charge < -0.3 is 5.32 Å². The molecule has 0 unspecified atom stereocenters. The first kappa shape index (κ1) is 16.2. The van der Waals surface area contributed by atoms with Crippen molar-refractivity contribution in [2.24, 2.45) is 7.05 Å². The number of rotatable bonds is 5. The van der Waals surface area contributed by atoms with Gasteiger partial charge in [-0.1, -0.05) is 12.1 Å². The Morgan fingerprint density at radius 1 is 1.32 bits per heavy atom. The molecule has 1 heterocycles. The molecule has 0 atom stereocenters. The number of carbonyl (C=O) groups is 1. The molecule has 2 aromatic rings. The molecule has 0 saturated heterocycles. The Labute approximate surface area is 128 Å². The fourth-order valence-electron chi connectivity index (χ4n) is 1.93. The van der Waals surface area contributed by atoms with Crippen molar-refractivity contribution < 1.29 is 17.1 Å². The van der Waals surface area contributed by atoms with Gasteiger partial charge in [0.25, 0.3) is 0 Å². The van der Waals surface area contributed by atoms with Crippen molar-refractivity contribution >= 4 is 16.1 Å². The number of carbonyl (C=O) groups excluding carboxylic acids is 1. The molecule has 1 aromatic carbocycles. The summed E-state index contributed by atoms with van der Waals surface area (Å²) in [6, 6.07) is 5.12. The predicted octanol–water partition coefficient (Wildman–Crippen LogP) is 1.25. The van der Waals surface area contributed by atoms with E-state index >= 15 is 0 Å². The normalized spacial score (nSPS) is 11.4. The molecule has 0 aliphatic carbocycles. The lowest BCUT2D eigenvalue weighted by atomic mass is 10.1. The Morgan fingerprint density at radius 2 is 1.95 bits per heavy atom. The second-order valence-electron chi connectivity index (χ2n) is 4.91. The monoisotopic (exact) mass is 325 g/mol. The number of hydrogen-bond acceptors (Lipinski definition) is 4. The molecule has 2 rings (SSSR count). The van der Waals surface area contributed by atoms with Crippen LogP contribution in [0.3, 0.4) is 0 Å². The van der Waals surface area contributed by atoms with Crippen molar-refractivity contribution in [2.45, 2.75) is 24.8 Å². The van der Waals surface area contributed by atoms with Crippen LogP contribution >= 0.6 is 0 Å². The van der Waals surface area contributed by atoms with Gasteiger partial charge in [-0.15, -0.1) is 3.89 Å². The number of aromatic nitrogens is 2. The largest absolute Gasteiger partial charge is 0.352 e. The van der Waals surface area contributed by atoms with Gasteiger partial charge in [0.2, 0.25) is 5.91 Å². The number of hydrogen-bond donors (Lipinski definition) is 1. The minimum atomic E-state index is -4.71. The van der Waals surface area contributed by atoms with Gasteiger partial charge in [-0.05, 0) is 24.6 Å². The molecule has 0 fully saturated rings. The zero-order valence-corrected chi connectivity index (χ0v) is 13.0. The minimum absolute atomic E-state index is 0.0892.